The Bertz CT molecular complexity index is 594. The van der Waals surface area contributed by atoms with Crippen LogP contribution in [-0.4, -0.2) is 44.8 Å². The summed E-state index contributed by atoms with van der Waals surface area (Å²) in [5, 5.41) is 13.1. The number of esters is 1. The van der Waals surface area contributed by atoms with Crippen molar-refractivity contribution in [1.82, 2.24) is 10.6 Å². The Morgan fingerprint density at radius 1 is 1.32 bits per heavy atom. The number of rotatable bonds is 6. The van der Waals surface area contributed by atoms with Gasteiger partial charge in [-0.05, 0) is 18.2 Å². The van der Waals surface area contributed by atoms with Crippen LogP contribution in [0.1, 0.15) is 15.9 Å². The van der Waals surface area contributed by atoms with Gasteiger partial charge in [-0.25, -0.2) is 9.59 Å². The molecule has 8 nitrogen and oxygen atoms in total. The fraction of sp³-hybridized carbons (Fsp3) is 0.286. The van der Waals surface area contributed by atoms with E-state index in [2.05, 4.69) is 5.32 Å². The number of amides is 3. The topological polar surface area (TPSA) is 118 Å². The van der Waals surface area contributed by atoms with Gasteiger partial charge in [0.15, 0.2) is 6.61 Å². The van der Waals surface area contributed by atoms with Crippen LogP contribution in [0.3, 0.4) is 0 Å². The van der Waals surface area contributed by atoms with E-state index in [1.165, 1.54) is 31.4 Å². The first-order valence-electron chi connectivity index (χ1n) is 6.30. The Kier molecular flexibility index (Phi) is 7.08. The third kappa shape index (κ3) is 6.02. The minimum absolute atomic E-state index is 0.149. The number of hydrogen-bond donors (Lipinski definition) is 2. The van der Waals surface area contributed by atoms with Gasteiger partial charge in [-0.1, -0.05) is 6.07 Å². The second kappa shape index (κ2) is 9.10. The molecule has 0 fully saturated rings. The minimum Gasteiger partial charge on any atom is -0.452 e. The molecule has 0 aliphatic heterocycles. The van der Waals surface area contributed by atoms with Crippen molar-refractivity contribution in [3.8, 4) is 6.07 Å². The summed E-state index contributed by atoms with van der Waals surface area (Å²) in [6.45, 7) is -0.0461. The molecular weight excluding hydrogens is 290 g/mol. The molecule has 1 rings (SSSR count). The Morgan fingerprint density at radius 3 is 2.77 bits per heavy atom. The maximum absolute atomic E-state index is 11.7. The lowest BCUT2D eigenvalue weighted by Gasteiger charge is -2.07. The number of carbonyl (C=O) groups excluding carboxylic acids is 3. The zero-order chi connectivity index (χ0) is 16.4. The lowest BCUT2D eigenvalue weighted by atomic mass is 10.1. The SMILES string of the molecule is COCCNC(=O)NC(=O)COC(=O)c1cccc(C#N)c1. The third-order valence-electron chi connectivity index (χ3n) is 2.41. The number of methoxy groups -OCH3 is 1. The number of nitriles is 1. The number of hydrogen-bond acceptors (Lipinski definition) is 6. The second-order valence-electron chi connectivity index (χ2n) is 4.07. The molecule has 3 amide bonds. The van der Waals surface area contributed by atoms with Crippen molar-refractivity contribution in [2.75, 3.05) is 26.9 Å². The molecule has 116 valence electrons. The molecule has 0 radical (unpaired) electrons. The summed E-state index contributed by atoms with van der Waals surface area (Å²) in [5.74, 6) is -1.52. The predicted octanol–water partition coefficient (Wildman–Crippen LogP) is 0.187. The first-order valence-corrected chi connectivity index (χ1v) is 6.30. The normalized spacial score (nSPS) is 9.45. The van der Waals surface area contributed by atoms with Crippen molar-refractivity contribution in [3.05, 3.63) is 35.4 Å². The highest BCUT2D eigenvalue weighted by molar-refractivity contribution is 5.97. The van der Waals surface area contributed by atoms with Gasteiger partial charge >= 0.3 is 12.0 Å². The van der Waals surface area contributed by atoms with Crippen LogP contribution in [0.25, 0.3) is 0 Å². The van der Waals surface area contributed by atoms with E-state index in [0.29, 0.717) is 12.2 Å². The highest BCUT2D eigenvalue weighted by Crippen LogP contribution is 2.05. The van der Waals surface area contributed by atoms with Gasteiger partial charge in [0, 0.05) is 13.7 Å². The first-order chi connectivity index (χ1) is 10.6. The number of imide groups is 1. The number of urea groups is 1. The Hall–Kier alpha value is -2.92. The number of carbonyl (C=O) groups is 3. The van der Waals surface area contributed by atoms with Gasteiger partial charge in [-0.2, -0.15) is 5.26 Å². The highest BCUT2D eigenvalue weighted by atomic mass is 16.5. The van der Waals surface area contributed by atoms with E-state index in [-0.39, 0.29) is 12.1 Å². The van der Waals surface area contributed by atoms with Crippen molar-refractivity contribution in [3.63, 3.8) is 0 Å². The van der Waals surface area contributed by atoms with Crippen LogP contribution < -0.4 is 10.6 Å². The maximum atomic E-state index is 11.7. The standard InChI is InChI=1S/C14H15N3O5/c1-21-6-5-16-14(20)17-12(18)9-22-13(19)11-4-2-3-10(7-11)8-15/h2-4,7H,5-6,9H2,1H3,(H2,16,17,18,20). The average molecular weight is 305 g/mol. The van der Waals surface area contributed by atoms with Gasteiger partial charge in [0.05, 0.1) is 23.8 Å². The molecule has 0 saturated carbocycles. The van der Waals surface area contributed by atoms with E-state index in [9.17, 15) is 14.4 Å². The molecule has 1 aromatic carbocycles. The summed E-state index contributed by atoms with van der Waals surface area (Å²) in [6, 6.07) is 7.05. The van der Waals surface area contributed by atoms with E-state index in [0.717, 1.165) is 0 Å². The van der Waals surface area contributed by atoms with Crippen LogP contribution >= 0.6 is 0 Å². The molecule has 0 saturated heterocycles. The van der Waals surface area contributed by atoms with Crippen LogP contribution in [0, 0.1) is 11.3 Å². The largest absolute Gasteiger partial charge is 0.452 e. The average Bonchev–Trinajstić information content (AvgIpc) is 2.52. The van der Waals surface area contributed by atoms with Crippen molar-refractivity contribution in [2.24, 2.45) is 0 Å². The van der Waals surface area contributed by atoms with Crippen molar-refractivity contribution in [1.29, 1.82) is 5.26 Å². The summed E-state index contributed by atoms with van der Waals surface area (Å²) in [4.78, 5) is 34.3. The molecule has 0 atom stereocenters. The van der Waals surface area contributed by atoms with Crippen LogP contribution in [0.5, 0.6) is 0 Å². The monoisotopic (exact) mass is 305 g/mol. The van der Waals surface area contributed by atoms with E-state index < -0.39 is 24.5 Å². The fourth-order valence-electron chi connectivity index (χ4n) is 1.40. The third-order valence-corrected chi connectivity index (χ3v) is 2.41. The summed E-state index contributed by atoms with van der Waals surface area (Å²) in [7, 11) is 1.48. The van der Waals surface area contributed by atoms with Crippen molar-refractivity contribution >= 4 is 17.9 Å². The second-order valence-corrected chi connectivity index (χ2v) is 4.07. The van der Waals surface area contributed by atoms with Gasteiger partial charge < -0.3 is 14.8 Å². The Morgan fingerprint density at radius 2 is 2.09 bits per heavy atom. The van der Waals surface area contributed by atoms with E-state index >= 15 is 0 Å². The zero-order valence-electron chi connectivity index (χ0n) is 11.9. The molecule has 22 heavy (non-hydrogen) atoms. The van der Waals surface area contributed by atoms with Crippen molar-refractivity contribution in [2.45, 2.75) is 0 Å². The summed E-state index contributed by atoms with van der Waals surface area (Å²) in [5.41, 5.74) is 0.452. The zero-order valence-corrected chi connectivity index (χ0v) is 11.9. The molecule has 1 aromatic rings. The van der Waals surface area contributed by atoms with Gasteiger partial charge in [0.2, 0.25) is 0 Å². The maximum Gasteiger partial charge on any atom is 0.338 e. The number of ether oxygens (including phenoxy) is 2. The van der Waals surface area contributed by atoms with E-state index in [1.807, 2.05) is 11.4 Å². The smallest absolute Gasteiger partial charge is 0.338 e. The quantitative estimate of drug-likeness (QED) is 0.572. The number of nitrogens with one attached hydrogen (secondary N) is 2. The summed E-state index contributed by atoms with van der Waals surface area (Å²) in [6.07, 6.45) is 0. The molecule has 8 heteroatoms. The number of benzene rings is 1. The minimum atomic E-state index is -0.764. The molecule has 0 bridgehead atoms. The molecule has 0 aliphatic carbocycles. The summed E-state index contributed by atoms with van der Waals surface area (Å²) >= 11 is 0. The summed E-state index contributed by atoms with van der Waals surface area (Å²) < 4.78 is 9.48. The molecule has 0 aromatic heterocycles. The fourth-order valence-corrected chi connectivity index (χ4v) is 1.40. The molecular formula is C14H15N3O5. The molecule has 0 unspecified atom stereocenters. The lowest BCUT2D eigenvalue weighted by molar-refractivity contribution is -0.123. The molecule has 0 spiro atoms. The van der Waals surface area contributed by atoms with Gasteiger partial charge in [-0.3, -0.25) is 10.1 Å². The van der Waals surface area contributed by atoms with Gasteiger partial charge in [-0.15, -0.1) is 0 Å². The predicted molar refractivity (Wildman–Crippen MR) is 74.9 cm³/mol. The van der Waals surface area contributed by atoms with E-state index in [1.54, 1.807) is 0 Å². The Balaban J connectivity index is 2.38. The molecule has 2 N–H and O–H groups in total. The van der Waals surface area contributed by atoms with Crippen LogP contribution in [0.4, 0.5) is 4.79 Å². The van der Waals surface area contributed by atoms with Gasteiger partial charge in [0.1, 0.15) is 0 Å². The van der Waals surface area contributed by atoms with Crippen LogP contribution in [0.2, 0.25) is 0 Å². The van der Waals surface area contributed by atoms with E-state index in [4.69, 9.17) is 14.7 Å². The number of nitrogens with zero attached hydrogens (tertiary/aromatic N) is 1. The molecule has 0 aliphatic rings. The van der Waals surface area contributed by atoms with Crippen molar-refractivity contribution < 1.29 is 23.9 Å². The van der Waals surface area contributed by atoms with Crippen LogP contribution in [-0.2, 0) is 14.3 Å². The highest BCUT2D eigenvalue weighted by Gasteiger charge is 2.12. The lowest BCUT2D eigenvalue weighted by Crippen LogP contribution is -2.42. The molecule has 0 heterocycles. The van der Waals surface area contributed by atoms with Crippen LogP contribution in [0.15, 0.2) is 24.3 Å². The van der Waals surface area contributed by atoms with Gasteiger partial charge in [0.25, 0.3) is 5.91 Å². The Labute approximate surface area is 127 Å². The first kappa shape index (κ1) is 17.1.